The van der Waals surface area contributed by atoms with E-state index in [1.54, 1.807) is 17.0 Å². The minimum atomic E-state index is -0.158. The highest BCUT2D eigenvalue weighted by Gasteiger charge is 2.22. The van der Waals surface area contributed by atoms with Gasteiger partial charge < -0.3 is 4.42 Å². The number of nitrogens with zero attached hydrogens (tertiary/aromatic N) is 1. The van der Waals surface area contributed by atoms with Crippen molar-refractivity contribution in [1.82, 2.24) is 0 Å². The van der Waals surface area contributed by atoms with E-state index in [-0.39, 0.29) is 6.03 Å². The lowest BCUT2D eigenvalue weighted by molar-refractivity contribution is 0.256. The summed E-state index contributed by atoms with van der Waals surface area (Å²) in [6, 6.07) is 11.3. The summed E-state index contributed by atoms with van der Waals surface area (Å²) >= 11 is 3.21. The van der Waals surface area contributed by atoms with Gasteiger partial charge in [-0.15, -0.1) is 0 Å². The van der Waals surface area contributed by atoms with Crippen LogP contribution >= 0.6 is 15.9 Å². The zero-order chi connectivity index (χ0) is 13.2. The molecule has 1 aliphatic rings. The molecule has 4 nitrogen and oxygen atoms in total. The third kappa shape index (κ3) is 2.51. The van der Waals surface area contributed by atoms with Crippen molar-refractivity contribution in [2.45, 2.75) is 12.8 Å². The Kier molecular flexibility index (Phi) is 3.29. The second kappa shape index (κ2) is 5.09. The first kappa shape index (κ1) is 12.3. The predicted octanol–water partition coefficient (Wildman–Crippen LogP) is 4.03. The lowest BCUT2D eigenvalue weighted by atomic mass is 10.0. The van der Waals surface area contributed by atoms with Crippen molar-refractivity contribution < 1.29 is 9.21 Å². The summed E-state index contributed by atoms with van der Waals surface area (Å²) in [5.74, 6) is 0.444. The van der Waals surface area contributed by atoms with Crippen molar-refractivity contribution in [3.05, 3.63) is 46.6 Å². The number of para-hydroxylation sites is 1. The third-order valence-electron chi connectivity index (χ3n) is 3.16. The second-order valence-corrected chi connectivity index (χ2v) is 5.20. The van der Waals surface area contributed by atoms with Gasteiger partial charge in [0.15, 0.2) is 4.67 Å². The number of carbonyl (C=O) groups is 1. The number of carbonyl (C=O) groups excluding carboxylic acids is 1. The number of fused-ring (bicyclic) bond motifs is 1. The molecule has 0 saturated heterocycles. The van der Waals surface area contributed by atoms with E-state index in [2.05, 4.69) is 27.3 Å². The van der Waals surface area contributed by atoms with Gasteiger partial charge in [-0.1, -0.05) is 18.2 Å². The number of hydrogen-bond acceptors (Lipinski definition) is 2. The fourth-order valence-corrected chi connectivity index (χ4v) is 2.61. The Morgan fingerprint density at radius 1 is 1.26 bits per heavy atom. The average molecular weight is 321 g/mol. The van der Waals surface area contributed by atoms with Gasteiger partial charge in [-0.2, -0.15) is 0 Å². The molecule has 19 heavy (non-hydrogen) atoms. The van der Waals surface area contributed by atoms with Gasteiger partial charge in [-0.05, 0) is 46.5 Å². The summed E-state index contributed by atoms with van der Waals surface area (Å²) in [5, 5.41) is 2.76. The topological polar surface area (TPSA) is 45.5 Å². The number of nitrogens with one attached hydrogen (secondary N) is 1. The maximum Gasteiger partial charge on any atom is 0.328 e. The number of benzene rings is 1. The number of amides is 2. The summed E-state index contributed by atoms with van der Waals surface area (Å²) < 4.78 is 5.89. The molecule has 98 valence electrons. The minimum Gasteiger partial charge on any atom is -0.434 e. The van der Waals surface area contributed by atoms with Gasteiger partial charge in [-0.3, -0.25) is 10.2 Å². The van der Waals surface area contributed by atoms with E-state index in [0.29, 0.717) is 10.6 Å². The standard InChI is InChI=1S/C14H13BrN2O2/c15-12-7-8-13(19-12)16-14(18)17-9-3-5-10-4-1-2-6-11(10)17/h1-2,4,6-8H,3,5,9H2,(H,16,18). The second-order valence-electron chi connectivity index (χ2n) is 4.42. The monoisotopic (exact) mass is 320 g/mol. The Bertz CT molecular complexity index is 609. The Morgan fingerprint density at radius 3 is 2.89 bits per heavy atom. The largest absolute Gasteiger partial charge is 0.434 e. The molecule has 0 aliphatic carbocycles. The van der Waals surface area contributed by atoms with Crippen molar-refractivity contribution in [1.29, 1.82) is 0 Å². The first-order valence-corrected chi connectivity index (χ1v) is 6.95. The number of hydrogen-bond donors (Lipinski definition) is 1. The first-order valence-electron chi connectivity index (χ1n) is 6.16. The van der Waals surface area contributed by atoms with E-state index < -0.39 is 0 Å². The maximum atomic E-state index is 12.3. The van der Waals surface area contributed by atoms with Gasteiger partial charge in [0.1, 0.15) is 0 Å². The van der Waals surface area contributed by atoms with Crippen LogP contribution in [0.1, 0.15) is 12.0 Å². The molecular formula is C14H13BrN2O2. The van der Waals surface area contributed by atoms with E-state index in [9.17, 15) is 4.79 Å². The quantitative estimate of drug-likeness (QED) is 0.862. The molecule has 2 aromatic rings. The van der Waals surface area contributed by atoms with Crippen LogP contribution in [0.25, 0.3) is 0 Å². The van der Waals surface area contributed by atoms with Gasteiger partial charge >= 0.3 is 6.03 Å². The summed E-state index contributed by atoms with van der Waals surface area (Å²) in [4.78, 5) is 14.0. The van der Waals surface area contributed by atoms with Crippen molar-refractivity contribution in [3.8, 4) is 0 Å². The van der Waals surface area contributed by atoms with Crippen LogP contribution in [0.4, 0.5) is 16.4 Å². The predicted molar refractivity (Wildman–Crippen MR) is 77.5 cm³/mol. The molecule has 2 amide bonds. The fourth-order valence-electron chi connectivity index (χ4n) is 2.30. The van der Waals surface area contributed by atoms with Crippen molar-refractivity contribution >= 4 is 33.5 Å². The van der Waals surface area contributed by atoms with E-state index in [1.807, 2.05) is 18.2 Å². The Balaban J connectivity index is 1.81. The Morgan fingerprint density at radius 2 is 2.11 bits per heavy atom. The zero-order valence-corrected chi connectivity index (χ0v) is 11.8. The van der Waals surface area contributed by atoms with Crippen LogP contribution in [0.3, 0.4) is 0 Å². The molecule has 0 spiro atoms. The molecule has 1 aliphatic heterocycles. The van der Waals surface area contributed by atoms with E-state index in [1.165, 1.54) is 5.56 Å². The smallest absolute Gasteiger partial charge is 0.328 e. The van der Waals surface area contributed by atoms with Crippen molar-refractivity contribution in [3.63, 3.8) is 0 Å². The van der Waals surface area contributed by atoms with Crippen LogP contribution in [0.15, 0.2) is 45.5 Å². The molecule has 0 atom stereocenters. The molecule has 3 rings (SSSR count). The number of rotatable bonds is 1. The summed E-state index contributed by atoms with van der Waals surface area (Å²) in [6.07, 6.45) is 2.00. The molecule has 0 bridgehead atoms. The highest BCUT2D eigenvalue weighted by Crippen LogP contribution is 2.27. The SMILES string of the molecule is O=C(Nc1ccc(Br)o1)N1CCCc2ccccc21. The van der Waals surface area contributed by atoms with Gasteiger partial charge in [0.2, 0.25) is 5.88 Å². The summed E-state index contributed by atoms with van der Waals surface area (Å²) in [6.45, 7) is 0.727. The van der Waals surface area contributed by atoms with Crippen LogP contribution in [-0.4, -0.2) is 12.6 Å². The summed E-state index contributed by atoms with van der Waals surface area (Å²) in [5.41, 5.74) is 2.20. The number of halogens is 1. The molecule has 0 radical (unpaired) electrons. The lowest BCUT2D eigenvalue weighted by Gasteiger charge is -2.29. The van der Waals surface area contributed by atoms with Crippen LogP contribution in [0, 0.1) is 0 Å². The van der Waals surface area contributed by atoms with E-state index in [0.717, 1.165) is 25.1 Å². The average Bonchev–Trinajstić information content (AvgIpc) is 2.83. The molecule has 0 saturated carbocycles. The molecule has 0 fully saturated rings. The maximum absolute atomic E-state index is 12.3. The van der Waals surface area contributed by atoms with Crippen LogP contribution in [0.5, 0.6) is 0 Å². The molecule has 1 N–H and O–H groups in total. The highest BCUT2D eigenvalue weighted by atomic mass is 79.9. The molecule has 1 aromatic carbocycles. The van der Waals surface area contributed by atoms with E-state index in [4.69, 9.17) is 4.42 Å². The zero-order valence-electron chi connectivity index (χ0n) is 10.2. The van der Waals surface area contributed by atoms with Gasteiger partial charge in [-0.25, -0.2) is 4.79 Å². The Hall–Kier alpha value is -1.75. The highest BCUT2D eigenvalue weighted by molar-refractivity contribution is 9.10. The normalized spacial score (nSPS) is 14.1. The molecule has 2 heterocycles. The number of furan rings is 1. The van der Waals surface area contributed by atoms with Crippen LogP contribution < -0.4 is 10.2 Å². The van der Waals surface area contributed by atoms with Crippen molar-refractivity contribution in [2.75, 3.05) is 16.8 Å². The van der Waals surface area contributed by atoms with Gasteiger partial charge in [0.25, 0.3) is 0 Å². The van der Waals surface area contributed by atoms with Gasteiger partial charge in [0, 0.05) is 18.3 Å². The molecule has 5 heteroatoms. The number of anilines is 2. The minimum absolute atomic E-state index is 0.158. The first-order chi connectivity index (χ1) is 9.24. The van der Waals surface area contributed by atoms with Crippen LogP contribution in [0.2, 0.25) is 0 Å². The van der Waals surface area contributed by atoms with Gasteiger partial charge in [0.05, 0.1) is 0 Å². The lowest BCUT2D eigenvalue weighted by Crippen LogP contribution is -2.38. The Labute approximate surface area is 119 Å². The molecule has 0 unspecified atom stereocenters. The number of urea groups is 1. The fraction of sp³-hybridized carbons (Fsp3) is 0.214. The van der Waals surface area contributed by atoms with Crippen LogP contribution in [-0.2, 0) is 6.42 Å². The summed E-state index contributed by atoms with van der Waals surface area (Å²) in [7, 11) is 0. The van der Waals surface area contributed by atoms with Crippen molar-refractivity contribution in [2.24, 2.45) is 0 Å². The molecular weight excluding hydrogens is 308 g/mol. The molecule has 1 aromatic heterocycles. The third-order valence-corrected chi connectivity index (χ3v) is 3.58. The van der Waals surface area contributed by atoms with E-state index >= 15 is 0 Å². The number of aryl methyl sites for hydroxylation is 1.